The van der Waals surface area contributed by atoms with Gasteiger partial charge >= 0.3 is 5.97 Å². The van der Waals surface area contributed by atoms with Crippen LogP contribution in [0.5, 0.6) is 5.75 Å². The van der Waals surface area contributed by atoms with Crippen molar-refractivity contribution in [1.82, 2.24) is 10.2 Å². The highest BCUT2D eigenvalue weighted by Crippen LogP contribution is 2.25. The standard InChI is InChI=1S/C14H16N2O4S/c1-2-19-11-7-5-10(6-8-11)13-15-16-14(20-13)21-9-3-4-12(17)18/h5-8H,2-4,9H2,1H3,(H,17,18). The third-order valence-corrected chi connectivity index (χ3v) is 3.48. The van der Waals surface area contributed by atoms with E-state index in [0.717, 1.165) is 11.3 Å². The van der Waals surface area contributed by atoms with Crippen LogP contribution in [-0.2, 0) is 4.79 Å². The molecular weight excluding hydrogens is 292 g/mol. The van der Waals surface area contributed by atoms with Gasteiger partial charge in [0.15, 0.2) is 0 Å². The van der Waals surface area contributed by atoms with Crippen molar-refractivity contribution in [3.63, 3.8) is 0 Å². The maximum absolute atomic E-state index is 10.4. The van der Waals surface area contributed by atoms with Crippen LogP contribution in [0.1, 0.15) is 19.8 Å². The number of hydrogen-bond donors (Lipinski definition) is 1. The number of thioether (sulfide) groups is 1. The summed E-state index contributed by atoms with van der Waals surface area (Å²) in [6.45, 7) is 2.55. The van der Waals surface area contributed by atoms with Gasteiger partial charge in [-0.3, -0.25) is 4.79 Å². The minimum absolute atomic E-state index is 0.146. The van der Waals surface area contributed by atoms with Crippen molar-refractivity contribution in [1.29, 1.82) is 0 Å². The predicted octanol–water partition coefficient (Wildman–Crippen LogP) is 3.09. The van der Waals surface area contributed by atoms with Gasteiger partial charge in [-0.2, -0.15) is 0 Å². The van der Waals surface area contributed by atoms with Crippen molar-refractivity contribution >= 4 is 17.7 Å². The van der Waals surface area contributed by atoms with Gasteiger partial charge in [0.25, 0.3) is 5.22 Å². The average molecular weight is 308 g/mol. The van der Waals surface area contributed by atoms with Gasteiger partial charge in [0, 0.05) is 17.7 Å². The van der Waals surface area contributed by atoms with E-state index < -0.39 is 5.97 Å². The van der Waals surface area contributed by atoms with Gasteiger partial charge in [-0.1, -0.05) is 11.8 Å². The second-order valence-electron chi connectivity index (χ2n) is 4.18. The minimum Gasteiger partial charge on any atom is -0.494 e. The molecule has 112 valence electrons. The molecule has 0 aliphatic heterocycles. The van der Waals surface area contributed by atoms with Crippen molar-refractivity contribution in [2.45, 2.75) is 25.0 Å². The molecule has 0 atom stereocenters. The lowest BCUT2D eigenvalue weighted by Crippen LogP contribution is -1.94. The molecule has 7 heteroatoms. The zero-order chi connectivity index (χ0) is 15.1. The maximum atomic E-state index is 10.4. The smallest absolute Gasteiger partial charge is 0.303 e. The molecule has 6 nitrogen and oxygen atoms in total. The lowest BCUT2D eigenvalue weighted by molar-refractivity contribution is -0.137. The van der Waals surface area contributed by atoms with Crippen LogP contribution in [0.15, 0.2) is 33.9 Å². The number of rotatable bonds is 8. The maximum Gasteiger partial charge on any atom is 0.303 e. The first-order valence-corrected chi connectivity index (χ1v) is 7.59. The Kier molecular flexibility index (Phi) is 5.62. The molecule has 0 radical (unpaired) electrons. The van der Waals surface area contributed by atoms with Gasteiger partial charge in [-0.15, -0.1) is 10.2 Å². The van der Waals surface area contributed by atoms with Crippen LogP contribution >= 0.6 is 11.8 Å². The van der Waals surface area contributed by atoms with Crippen molar-refractivity contribution in [2.24, 2.45) is 0 Å². The van der Waals surface area contributed by atoms with E-state index in [-0.39, 0.29) is 6.42 Å². The largest absolute Gasteiger partial charge is 0.494 e. The Hall–Kier alpha value is -2.02. The Morgan fingerprint density at radius 1 is 1.33 bits per heavy atom. The third-order valence-electron chi connectivity index (χ3n) is 2.58. The first-order valence-electron chi connectivity index (χ1n) is 6.60. The molecular formula is C14H16N2O4S. The summed E-state index contributed by atoms with van der Waals surface area (Å²) in [5, 5.41) is 16.9. The Bertz CT molecular complexity index is 583. The summed E-state index contributed by atoms with van der Waals surface area (Å²) >= 11 is 1.36. The first kappa shape index (κ1) is 15.4. The molecule has 0 saturated heterocycles. The summed E-state index contributed by atoms with van der Waals surface area (Å²) < 4.78 is 10.9. The van der Waals surface area contributed by atoms with Crippen LogP contribution in [-0.4, -0.2) is 33.6 Å². The number of benzene rings is 1. The third kappa shape index (κ3) is 4.78. The summed E-state index contributed by atoms with van der Waals surface area (Å²) in [7, 11) is 0. The van der Waals surface area contributed by atoms with E-state index in [1.807, 2.05) is 31.2 Å². The van der Waals surface area contributed by atoms with Crippen LogP contribution in [0.4, 0.5) is 0 Å². The fourth-order valence-corrected chi connectivity index (χ4v) is 2.33. The molecule has 0 aliphatic rings. The first-order chi connectivity index (χ1) is 10.2. The van der Waals surface area contributed by atoms with E-state index in [1.54, 1.807) is 0 Å². The average Bonchev–Trinajstić information content (AvgIpc) is 2.93. The van der Waals surface area contributed by atoms with Crippen molar-refractivity contribution in [3.8, 4) is 17.2 Å². The van der Waals surface area contributed by atoms with Gasteiger partial charge in [0.1, 0.15) is 5.75 Å². The Balaban J connectivity index is 1.91. The number of carbonyl (C=O) groups is 1. The van der Waals surface area contributed by atoms with Gasteiger partial charge in [0.2, 0.25) is 5.89 Å². The van der Waals surface area contributed by atoms with Crippen LogP contribution in [0.2, 0.25) is 0 Å². The van der Waals surface area contributed by atoms with E-state index >= 15 is 0 Å². The summed E-state index contributed by atoms with van der Waals surface area (Å²) in [4.78, 5) is 10.4. The Morgan fingerprint density at radius 3 is 2.76 bits per heavy atom. The number of hydrogen-bond acceptors (Lipinski definition) is 6. The molecule has 0 bridgehead atoms. The van der Waals surface area contributed by atoms with Crippen LogP contribution in [0, 0.1) is 0 Å². The summed E-state index contributed by atoms with van der Waals surface area (Å²) in [5.74, 6) is 1.08. The van der Waals surface area contributed by atoms with Gasteiger partial charge in [-0.05, 0) is 37.6 Å². The molecule has 0 fully saturated rings. The van der Waals surface area contributed by atoms with E-state index in [2.05, 4.69) is 10.2 Å². The second-order valence-corrected chi connectivity index (χ2v) is 5.22. The highest BCUT2D eigenvalue weighted by Gasteiger charge is 2.09. The zero-order valence-electron chi connectivity index (χ0n) is 11.6. The molecule has 0 unspecified atom stereocenters. The molecule has 21 heavy (non-hydrogen) atoms. The highest BCUT2D eigenvalue weighted by molar-refractivity contribution is 7.99. The summed E-state index contributed by atoms with van der Waals surface area (Å²) in [6, 6.07) is 7.42. The molecule has 2 rings (SSSR count). The normalized spacial score (nSPS) is 10.5. The van der Waals surface area contributed by atoms with Gasteiger partial charge < -0.3 is 14.3 Å². The molecule has 1 aromatic heterocycles. The van der Waals surface area contributed by atoms with Crippen LogP contribution < -0.4 is 4.74 Å². The number of carboxylic acids is 1. The fourth-order valence-electron chi connectivity index (χ4n) is 1.63. The molecule has 0 saturated carbocycles. The number of aromatic nitrogens is 2. The number of nitrogens with zero attached hydrogens (tertiary/aromatic N) is 2. The van der Waals surface area contributed by atoms with E-state index in [9.17, 15) is 4.79 Å². The quantitative estimate of drug-likeness (QED) is 0.592. The molecule has 2 aromatic rings. The van der Waals surface area contributed by atoms with Gasteiger partial charge in [0.05, 0.1) is 6.61 Å². The zero-order valence-corrected chi connectivity index (χ0v) is 12.4. The van der Waals surface area contributed by atoms with E-state index in [4.69, 9.17) is 14.3 Å². The van der Waals surface area contributed by atoms with E-state index in [0.29, 0.717) is 29.9 Å². The number of carboxylic acid groups (broad SMARTS) is 1. The molecule has 1 N–H and O–H groups in total. The predicted molar refractivity (Wildman–Crippen MR) is 78.5 cm³/mol. The Labute approximate surface area is 126 Å². The lowest BCUT2D eigenvalue weighted by Gasteiger charge is -2.02. The van der Waals surface area contributed by atoms with E-state index in [1.165, 1.54) is 11.8 Å². The van der Waals surface area contributed by atoms with Crippen molar-refractivity contribution in [3.05, 3.63) is 24.3 Å². The lowest BCUT2D eigenvalue weighted by atomic mass is 10.2. The molecule has 0 amide bonds. The van der Waals surface area contributed by atoms with Crippen LogP contribution in [0.25, 0.3) is 11.5 Å². The molecule has 1 heterocycles. The Morgan fingerprint density at radius 2 is 2.10 bits per heavy atom. The fraction of sp³-hybridized carbons (Fsp3) is 0.357. The topological polar surface area (TPSA) is 85.5 Å². The summed E-state index contributed by atoms with van der Waals surface area (Å²) in [5.41, 5.74) is 0.823. The molecule has 0 spiro atoms. The minimum atomic E-state index is -0.795. The van der Waals surface area contributed by atoms with Crippen LogP contribution in [0.3, 0.4) is 0 Å². The number of ether oxygens (including phenoxy) is 1. The molecule has 1 aromatic carbocycles. The van der Waals surface area contributed by atoms with Crippen molar-refractivity contribution < 1.29 is 19.1 Å². The molecule has 0 aliphatic carbocycles. The SMILES string of the molecule is CCOc1ccc(-c2nnc(SCCCC(=O)O)o2)cc1. The van der Waals surface area contributed by atoms with Gasteiger partial charge in [-0.25, -0.2) is 0 Å². The monoisotopic (exact) mass is 308 g/mol. The highest BCUT2D eigenvalue weighted by atomic mass is 32.2. The summed E-state index contributed by atoms with van der Waals surface area (Å²) in [6.07, 6.45) is 0.716. The number of aliphatic carboxylic acids is 1. The van der Waals surface area contributed by atoms with Crippen molar-refractivity contribution in [2.75, 3.05) is 12.4 Å². The second kappa shape index (κ2) is 7.68.